The predicted molar refractivity (Wildman–Crippen MR) is 87.4 cm³/mol. The van der Waals surface area contributed by atoms with Crippen molar-refractivity contribution < 1.29 is 14.4 Å². The lowest BCUT2D eigenvalue weighted by Crippen LogP contribution is -2.32. The van der Waals surface area contributed by atoms with Gasteiger partial charge in [0.05, 0.1) is 5.56 Å². The van der Waals surface area contributed by atoms with Crippen molar-refractivity contribution in [3.63, 3.8) is 0 Å². The van der Waals surface area contributed by atoms with Crippen LogP contribution in [0.1, 0.15) is 46.4 Å². The van der Waals surface area contributed by atoms with Crippen LogP contribution in [0.2, 0.25) is 0 Å². The zero-order valence-corrected chi connectivity index (χ0v) is 14.4. The van der Waals surface area contributed by atoms with Crippen molar-refractivity contribution in [1.82, 2.24) is 15.0 Å². The molecule has 0 amide bonds. The van der Waals surface area contributed by atoms with Crippen LogP contribution in [0.3, 0.4) is 0 Å². The van der Waals surface area contributed by atoms with E-state index in [0.717, 1.165) is 48.4 Å². The van der Waals surface area contributed by atoms with Gasteiger partial charge in [-0.15, -0.1) is 0 Å². The standard InChI is InChI=1S/C16H18BrN3O3/c1-10-18-15(23-19-10)11-4-6-20(7-5-11)9-13-3-2-12(16(21)22)8-14(13)17/h2-3,8,11H,4-7,9H2,1H3,(H,21,22). The fourth-order valence-electron chi connectivity index (χ4n) is 2.87. The Hall–Kier alpha value is -1.73. The van der Waals surface area contributed by atoms with Gasteiger partial charge < -0.3 is 9.63 Å². The van der Waals surface area contributed by atoms with Gasteiger partial charge in [-0.1, -0.05) is 27.2 Å². The summed E-state index contributed by atoms with van der Waals surface area (Å²) in [6.45, 7) is 4.55. The lowest BCUT2D eigenvalue weighted by atomic mass is 9.96. The van der Waals surface area contributed by atoms with Crippen LogP contribution in [0.15, 0.2) is 27.2 Å². The van der Waals surface area contributed by atoms with Gasteiger partial charge in [0.25, 0.3) is 0 Å². The summed E-state index contributed by atoms with van der Waals surface area (Å²) < 4.78 is 6.11. The first-order valence-corrected chi connectivity index (χ1v) is 8.36. The topological polar surface area (TPSA) is 79.5 Å². The molecule has 7 heteroatoms. The molecule has 1 saturated heterocycles. The van der Waals surface area contributed by atoms with Crippen LogP contribution in [-0.4, -0.2) is 39.2 Å². The fourth-order valence-corrected chi connectivity index (χ4v) is 3.37. The van der Waals surface area contributed by atoms with Crippen LogP contribution >= 0.6 is 15.9 Å². The Kier molecular flexibility index (Phi) is 4.77. The molecular weight excluding hydrogens is 362 g/mol. The number of carboxylic acids is 1. The number of aromatic nitrogens is 2. The zero-order valence-electron chi connectivity index (χ0n) is 12.8. The molecule has 1 aromatic heterocycles. The number of aryl methyl sites for hydroxylation is 1. The third kappa shape index (κ3) is 3.79. The number of piperidine rings is 1. The number of nitrogens with zero attached hydrogens (tertiary/aromatic N) is 3. The minimum Gasteiger partial charge on any atom is -0.478 e. The number of rotatable bonds is 4. The van der Waals surface area contributed by atoms with Crippen LogP contribution in [0, 0.1) is 6.92 Å². The van der Waals surface area contributed by atoms with E-state index in [1.165, 1.54) is 0 Å². The Morgan fingerprint density at radius 1 is 1.43 bits per heavy atom. The van der Waals surface area contributed by atoms with E-state index < -0.39 is 5.97 Å². The van der Waals surface area contributed by atoms with Crippen LogP contribution in [0.5, 0.6) is 0 Å². The molecule has 0 spiro atoms. The van der Waals surface area contributed by atoms with E-state index in [0.29, 0.717) is 17.3 Å². The van der Waals surface area contributed by atoms with Gasteiger partial charge in [0.1, 0.15) is 0 Å². The van der Waals surface area contributed by atoms with E-state index >= 15 is 0 Å². The third-order valence-electron chi connectivity index (χ3n) is 4.17. The van der Waals surface area contributed by atoms with Crippen molar-refractivity contribution >= 4 is 21.9 Å². The number of hydrogen-bond acceptors (Lipinski definition) is 5. The maximum atomic E-state index is 11.0. The van der Waals surface area contributed by atoms with Crippen LogP contribution in [0.25, 0.3) is 0 Å². The normalized spacial score (nSPS) is 16.6. The van der Waals surface area contributed by atoms with Gasteiger partial charge in [-0.05, 0) is 50.6 Å². The van der Waals surface area contributed by atoms with Gasteiger partial charge in [-0.3, -0.25) is 4.90 Å². The Morgan fingerprint density at radius 3 is 2.74 bits per heavy atom. The molecule has 1 aliphatic heterocycles. The van der Waals surface area contributed by atoms with Crippen molar-refractivity contribution in [2.24, 2.45) is 0 Å². The predicted octanol–water partition coefficient (Wildman–Crippen LogP) is 3.22. The first kappa shape index (κ1) is 16.1. The molecule has 122 valence electrons. The SMILES string of the molecule is Cc1noc(C2CCN(Cc3ccc(C(=O)O)cc3Br)CC2)n1. The van der Waals surface area contributed by atoms with Gasteiger partial charge in [0.2, 0.25) is 5.89 Å². The molecular formula is C16H18BrN3O3. The van der Waals surface area contributed by atoms with E-state index in [1.807, 2.05) is 13.0 Å². The second-order valence-electron chi connectivity index (χ2n) is 5.84. The molecule has 1 aliphatic rings. The number of carbonyl (C=O) groups is 1. The highest BCUT2D eigenvalue weighted by Gasteiger charge is 2.25. The molecule has 0 aliphatic carbocycles. The largest absolute Gasteiger partial charge is 0.478 e. The Balaban J connectivity index is 1.59. The summed E-state index contributed by atoms with van der Waals surface area (Å²) in [5.74, 6) is 0.859. The molecule has 3 rings (SSSR count). The molecule has 0 unspecified atom stereocenters. The van der Waals surface area contributed by atoms with E-state index in [2.05, 4.69) is 31.0 Å². The molecule has 1 aromatic carbocycles. The monoisotopic (exact) mass is 379 g/mol. The number of aromatic carboxylic acids is 1. The highest BCUT2D eigenvalue weighted by molar-refractivity contribution is 9.10. The first-order valence-electron chi connectivity index (χ1n) is 7.57. The summed E-state index contributed by atoms with van der Waals surface area (Å²) in [5, 5.41) is 12.9. The number of benzene rings is 1. The van der Waals surface area contributed by atoms with Gasteiger partial charge in [-0.25, -0.2) is 4.79 Å². The van der Waals surface area contributed by atoms with E-state index in [9.17, 15) is 4.79 Å². The number of likely N-dealkylation sites (tertiary alicyclic amines) is 1. The summed E-state index contributed by atoms with van der Waals surface area (Å²) in [4.78, 5) is 17.7. The smallest absolute Gasteiger partial charge is 0.335 e. The average Bonchev–Trinajstić information content (AvgIpc) is 2.96. The lowest BCUT2D eigenvalue weighted by Gasteiger charge is -2.30. The van der Waals surface area contributed by atoms with Crippen molar-refractivity contribution in [3.8, 4) is 0 Å². The summed E-state index contributed by atoms with van der Waals surface area (Å²) in [6, 6.07) is 5.18. The molecule has 23 heavy (non-hydrogen) atoms. The molecule has 6 nitrogen and oxygen atoms in total. The van der Waals surface area contributed by atoms with Gasteiger partial charge in [0.15, 0.2) is 5.82 Å². The van der Waals surface area contributed by atoms with Gasteiger partial charge >= 0.3 is 5.97 Å². The summed E-state index contributed by atoms with van der Waals surface area (Å²) >= 11 is 3.47. The van der Waals surface area contributed by atoms with Crippen LogP contribution < -0.4 is 0 Å². The van der Waals surface area contributed by atoms with Crippen molar-refractivity contribution in [3.05, 3.63) is 45.5 Å². The molecule has 1 N–H and O–H groups in total. The second kappa shape index (κ2) is 6.80. The minimum atomic E-state index is -0.909. The van der Waals surface area contributed by atoms with Crippen LogP contribution in [0.4, 0.5) is 0 Å². The fraction of sp³-hybridized carbons (Fsp3) is 0.438. The highest BCUT2D eigenvalue weighted by Crippen LogP contribution is 2.28. The minimum absolute atomic E-state index is 0.297. The average molecular weight is 380 g/mol. The van der Waals surface area contributed by atoms with Gasteiger partial charge in [0, 0.05) is 16.9 Å². The maximum Gasteiger partial charge on any atom is 0.335 e. The highest BCUT2D eigenvalue weighted by atomic mass is 79.9. The van der Waals surface area contributed by atoms with E-state index in [-0.39, 0.29) is 0 Å². The Morgan fingerprint density at radius 2 is 2.17 bits per heavy atom. The molecule has 0 radical (unpaired) electrons. The first-order chi connectivity index (χ1) is 11.0. The molecule has 0 saturated carbocycles. The summed E-state index contributed by atoms with van der Waals surface area (Å²) in [7, 11) is 0. The molecule has 2 heterocycles. The second-order valence-corrected chi connectivity index (χ2v) is 6.70. The van der Waals surface area contributed by atoms with E-state index in [1.54, 1.807) is 12.1 Å². The Labute approximate surface area is 142 Å². The zero-order chi connectivity index (χ0) is 16.4. The number of hydrogen-bond donors (Lipinski definition) is 1. The third-order valence-corrected chi connectivity index (χ3v) is 4.91. The maximum absolute atomic E-state index is 11.0. The summed E-state index contributed by atoms with van der Waals surface area (Å²) in [5.41, 5.74) is 1.40. The number of carboxylic acid groups (broad SMARTS) is 1. The van der Waals surface area contributed by atoms with Crippen molar-refractivity contribution in [2.75, 3.05) is 13.1 Å². The van der Waals surface area contributed by atoms with Gasteiger partial charge in [-0.2, -0.15) is 4.98 Å². The van der Waals surface area contributed by atoms with Crippen molar-refractivity contribution in [2.45, 2.75) is 32.2 Å². The Bertz CT molecular complexity index is 708. The summed E-state index contributed by atoms with van der Waals surface area (Å²) in [6.07, 6.45) is 1.99. The van der Waals surface area contributed by atoms with Crippen LogP contribution in [-0.2, 0) is 6.54 Å². The molecule has 1 fully saturated rings. The van der Waals surface area contributed by atoms with Crippen molar-refractivity contribution in [1.29, 1.82) is 0 Å². The quantitative estimate of drug-likeness (QED) is 0.878. The molecule has 0 atom stereocenters. The number of halogens is 1. The lowest BCUT2D eigenvalue weighted by molar-refractivity contribution is 0.0696. The molecule has 0 bridgehead atoms. The molecule has 2 aromatic rings. The van der Waals surface area contributed by atoms with E-state index in [4.69, 9.17) is 9.63 Å².